The van der Waals surface area contributed by atoms with Gasteiger partial charge in [-0.2, -0.15) is 0 Å². The summed E-state index contributed by atoms with van der Waals surface area (Å²) in [6.45, 7) is 0. The fourth-order valence-electron chi connectivity index (χ4n) is 1.22. The van der Waals surface area contributed by atoms with E-state index in [1.165, 1.54) is 10.6 Å². The minimum atomic E-state index is -0.482. The summed E-state index contributed by atoms with van der Waals surface area (Å²) in [7, 11) is 0. The lowest BCUT2D eigenvalue weighted by atomic mass is 10.3. The van der Waals surface area contributed by atoms with E-state index in [0.29, 0.717) is 5.52 Å². The topological polar surface area (TPSA) is 41.7 Å². The summed E-state index contributed by atoms with van der Waals surface area (Å²) in [5.74, 6) is -0.371. The highest BCUT2D eigenvalue weighted by atomic mass is 35.5. The van der Waals surface area contributed by atoms with Crippen molar-refractivity contribution in [2.75, 3.05) is 0 Å². The molecule has 1 N–H and O–H groups in total. The van der Waals surface area contributed by atoms with Gasteiger partial charge in [0, 0.05) is 6.20 Å². The molecular weight excluding hydrogens is 225 g/mol. The molecule has 0 atom stereocenters. The van der Waals surface area contributed by atoms with Crippen LogP contribution >= 0.6 is 23.2 Å². The fraction of sp³-hybridized carbons (Fsp3) is 0. The zero-order valence-corrected chi connectivity index (χ0v) is 8.38. The number of aromatic hydroxyl groups is 1. The monoisotopic (exact) mass is 229 g/mol. The molecule has 72 valence electrons. The van der Waals surface area contributed by atoms with Gasteiger partial charge in [-0.1, -0.05) is 29.3 Å². The van der Waals surface area contributed by atoms with Crippen LogP contribution in [0.2, 0.25) is 10.0 Å². The number of nitrogens with zero attached hydrogens (tertiary/aromatic N) is 1. The molecule has 14 heavy (non-hydrogen) atoms. The van der Waals surface area contributed by atoms with Gasteiger partial charge in [0.1, 0.15) is 10.0 Å². The maximum Gasteiger partial charge on any atom is 0.277 e. The highest BCUT2D eigenvalue weighted by Crippen LogP contribution is 2.31. The largest absolute Gasteiger partial charge is 0.505 e. The van der Waals surface area contributed by atoms with Crippen LogP contribution in [-0.2, 0) is 0 Å². The van der Waals surface area contributed by atoms with E-state index >= 15 is 0 Å². The van der Waals surface area contributed by atoms with E-state index in [0.717, 1.165) is 0 Å². The third-order valence-electron chi connectivity index (χ3n) is 1.91. The molecule has 0 aliphatic rings. The van der Waals surface area contributed by atoms with Crippen molar-refractivity contribution in [2.45, 2.75) is 0 Å². The van der Waals surface area contributed by atoms with Crippen LogP contribution in [0.4, 0.5) is 0 Å². The zero-order chi connectivity index (χ0) is 10.3. The molecule has 3 nitrogen and oxygen atoms in total. The van der Waals surface area contributed by atoms with Gasteiger partial charge in [-0.25, -0.2) is 0 Å². The molecule has 0 fully saturated rings. The Balaban J connectivity index is 3.10. The van der Waals surface area contributed by atoms with Crippen LogP contribution in [0.25, 0.3) is 5.52 Å². The number of hydrogen-bond donors (Lipinski definition) is 1. The van der Waals surface area contributed by atoms with Crippen molar-refractivity contribution in [1.29, 1.82) is 0 Å². The Bertz CT molecular complexity index is 562. The fourth-order valence-corrected chi connectivity index (χ4v) is 1.71. The second-order valence-electron chi connectivity index (χ2n) is 2.74. The third kappa shape index (κ3) is 1.17. The summed E-state index contributed by atoms with van der Waals surface area (Å²) in [6, 6.07) is 5.02. The molecule has 0 aliphatic heterocycles. The minimum absolute atomic E-state index is 0.0789. The van der Waals surface area contributed by atoms with Crippen LogP contribution in [-0.4, -0.2) is 9.51 Å². The summed E-state index contributed by atoms with van der Waals surface area (Å²) in [5, 5.41) is 9.22. The Morgan fingerprint density at radius 2 is 1.93 bits per heavy atom. The molecule has 2 rings (SSSR count). The molecule has 0 aliphatic carbocycles. The van der Waals surface area contributed by atoms with Gasteiger partial charge in [0.2, 0.25) is 0 Å². The average molecular weight is 230 g/mol. The van der Waals surface area contributed by atoms with Gasteiger partial charge in [0.05, 0.1) is 5.52 Å². The van der Waals surface area contributed by atoms with E-state index in [2.05, 4.69) is 0 Å². The van der Waals surface area contributed by atoms with E-state index in [-0.39, 0.29) is 15.8 Å². The highest BCUT2D eigenvalue weighted by Gasteiger charge is 2.13. The summed E-state index contributed by atoms with van der Waals surface area (Å²) < 4.78 is 1.28. The predicted molar refractivity (Wildman–Crippen MR) is 55.4 cm³/mol. The van der Waals surface area contributed by atoms with Crippen molar-refractivity contribution in [3.63, 3.8) is 0 Å². The first-order valence-corrected chi connectivity index (χ1v) is 4.56. The number of pyridine rings is 2. The van der Waals surface area contributed by atoms with E-state index in [9.17, 15) is 9.90 Å². The van der Waals surface area contributed by atoms with E-state index < -0.39 is 5.56 Å². The Morgan fingerprint density at radius 3 is 2.64 bits per heavy atom. The molecule has 5 heteroatoms. The molecular formula is C9H5Cl2NO2. The van der Waals surface area contributed by atoms with Gasteiger partial charge in [0.15, 0.2) is 5.75 Å². The van der Waals surface area contributed by atoms with Crippen LogP contribution < -0.4 is 5.56 Å². The van der Waals surface area contributed by atoms with Gasteiger partial charge in [-0.15, -0.1) is 0 Å². The van der Waals surface area contributed by atoms with E-state index in [1.54, 1.807) is 18.2 Å². The van der Waals surface area contributed by atoms with Crippen molar-refractivity contribution in [1.82, 2.24) is 4.40 Å². The number of aromatic nitrogens is 1. The van der Waals surface area contributed by atoms with Crippen molar-refractivity contribution < 1.29 is 5.11 Å². The van der Waals surface area contributed by atoms with Gasteiger partial charge in [-0.3, -0.25) is 9.20 Å². The summed E-state index contributed by atoms with van der Waals surface area (Å²) in [6.07, 6.45) is 1.54. The van der Waals surface area contributed by atoms with Crippen molar-refractivity contribution >= 4 is 28.7 Å². The lowest BCUT2D eigenvalue weighted by Gasteiger charge is -2.05. The maximum absolute atomic E-state index is 11.5. The average Bonchev–Trinajstić information content (AvgIpc) is 2.23. The Labute approximate surface area is 89.1 Å². The molecule has 0 unspecified atom stereocenters. The van der Waals surface area contributed by atoms with Crippen molar-refractivity contribution in [2.24, 2.45) is 0 Å². The molecule has 0 radical (unpaired) electrons. The Hall–Kier alpha value is -1.19. The predicted octanol–water partition coefficient (Wildman–Crippen LogP) is 2.31. The number of halogens is 2. The normalized spacial score (nSPS) is 10.7. The van der Waals surface area contributed by atoms with Crippen LogP contribution in [0.15, 0.2) is 29.2 Å². The summed E-state index contributed by atoms with van der Waals surface area (Å²) >= 11 is 11.4. The smallest absolute Gasteiger partial charge is 0.277 e. The second kappa shape index (κ2) is 3.19. The molecule has 0 amide bonds. The molecule has 0 aromatic carbocycles. The molecule has 0 bridgehead atoms. The second-order valence-corrected chi connectivity index (χ2v) is 3.49. The molecule has 2 heterocycles. The quantitative estimate of drug-likeness (QED) is 0.754. The molecule has 0 saturated heterocycles. The number of rotatable bonds is 0. The van der Waals surface area contributed by atoms with Crippen LogP contribution in [0.5, 0.6) is 5.75 Å². The van der Waals surface area contributed by atoms with E-state index in [1.807, 2.05) is 0 Å². The Morgan fingerprint density at radius 1 is 1.21 bits per heavy atom. The van der Waals surface area contributed by atoms with Crippen LogP contribution in [0.3, 0.4) is 0 Å². The lowest BCUT2D eigenvalue weighted by molar-refractivity contribution is 0.475. The SMILES string of the molecule is O=c1c(Cl)c(O)c(Cl)c2ccccn12. The Kier molecular flexibility index (Phi) is 2.13. The highest BCUT2D eigenvalue weighted by molar-refractivity contribution is 6.39. The first-order valence-electron chi connectivity index (χ1n) is 3.80. The zero-order valence-electron chi connectivity index (χ0n) is 6.87. The molecule has 2 aromatic heterocycles. The molecule has 0 saturated carbocycles. The van der Waals surface area contributed by atoms with Crippen LogP contribution in [0, 0.1) is 0 Å². The number of hydrogen-bond acceptors (Lipinski definition) is 2. The van der Waals surface area contributed by atoms with Crippen molar-refractivity contribution in [3.8, 4) is 5.75 Å². The minimum Gasteiger partial charge on any atom is -0.505 e. The van der Waals surface area contributed by atoms with Crippen molar-refractivity contribution in [3.05, 3.63) is 44.8 Å². The third-order valence-corrected chi connectivity index (χ3v) is 2.62. The maximum atomic E-state index is 11.5. The van der Waals surface area contributed by atoms with Gasteiger partial charge < -0.3 is 5.11 Å². The van der Waals surface area contributed by atoms with Gasteiger partial charge in [0.25, 0.3) is 5.56 Å². The van der Waals surface area contributed by atoms with Crippen LogP contribution in [0.1, 0.15) is 0 Å². The summed E-state index contributed by atoms with van der Waals surface area (Å²) in [4.78, 5) is 11.5. The first kappa shape index (κ1) is 9.37. The summed E-state index contributed by atoms with van der Waals surface area (Å²) in [5.41, 5.74) is -0.0507. The van der Waals surface area contributed by atoms with E-state index in [4.69, 9.17) is 23.2 Å². The first-order chi connectivity index (χ1) is 6.63. The molecule has 2 aromatic rings. The van der Waals surface area contributed by atoms with Gasteiger partial charge in [-0.05, 0) is 12.1 Å². The lowest BCUT2D eigenvalue weighted by Crippen LogP contribution is -2.13. The number of fused-ring (bicyclic) bond motifs is 1. The molecule has 0 spiro atoms. The van der Waals surface area contributed by atoms with Gasteiger partial charge >= 0.3 is 0 Å². The standard InChI is InChI=1S/C9H5Cl2NO2/c10-6-5-3-1-2-4-12(5)9(14)7(11)8(6)13/h1-4,13H.